The summed E-state index contributed by atoms with van der Waals surface area (Å²) < 4.78 is 4.97. The van der Waals surface area contributed by atoms with Gasteiger partial charge in [-0.15, -0.1) is 0 Å². The molecule has 1 aromatic carbocycles. The number of nitrogens with zero attached hydrogens (tertiary/aromatic N) is 2. The van der Waals surface area contributed by atoms with Crippen LogP contribution >= 0.6 is 11.6 Å². The van der Waals surface area contributed by atoms with Gasteiger partial charge >= 0.3 is 0 Å². The predicted octanol–water partition coefficient (Wildman–Crippen LogP) is 2.32. The summed E-state index contributed by atoms with van der Waals surface area (Å²) in [5.41, 5.74) is 2.03. The highest BCUT2D eigenvalue weighted by atomic mass is 35.5. The molecule has 1 atom stereocenters. The SMILES string of the molecule is COCCN1C(=O)c2c(ccc(Cl)c2C)C1C#N. The van der Waals surface area contributed by atoms with Crippen LogP contribution in [0.1, 0.15) is 27.5 Å². The molecule has 2 rings (SSSR count). The van der Waals surface area contributed by atoms with E-state index in [0.717, 1.165) is 11.1 Å². The molecule has 18 heavy (non-hydrogen) atoms. The van der Waals surface area contributed by atoms with Crippen LogP contribution in [0.3, 0.4) is 0 Å². The molecule has 1 unspecified atom stereocenters. The fourth-order valence-electron chi connectivity index (χ4n) is 2.21. The minimum absolute atomic E-state index is 0.145. The van der Waals surface area contributed by atoms with Crippen molar-refractivity contribution >= 4 is 17.5 Å². The van der Waals surface area contributed by atoms with Gasteiger partial charge in [0.15, 0.2) is 0 Å². The molecule has 1 aromatic rings. The number of halogens is 1. The van der Waals surface area contributed by atoms with E-state index >= 15 is 0 Å². The van der Waals surface area contributed by atoms with Crippen LogP contribution < -0.4 is 0 Å². The summed E-state index contributed by atoms with van der Waals surface area (Å²) in [6.07, 6.45) is 0. The Hall–Kier alpha value is -1.57. The van der Waals surface area contributed by atoms with E-state index in [1.165, 1.54) is 4.90 Å². The number of benzene rings is 1. The molecular weight excluding hydrogens is 252 g/mol. The van der Waals surface area contributed by atoms with Crippen molar-refractivity contribution < 1.29 is 9.53 Å². The van der Waals surface area contributed by atoms with Crippen LogP contribution in [0.2, 0.25) is 5.02 Å². The third kappa shape index (κ3) is 1.86. The summed E-state index contributed by atoms with van der Waals surface area (Å²) in [6, 6.07) is 5.10. The quantitative estimate of drug-likeness (QED) is 0.842. The van der Waals surface area contributed by atoms with Gasteiger partial charge in [0.2, 0.25) is 0 Å². The van der Waals surface area contributed by atoms with Gasteiger partial charge in [0, 0.05) is 24.2 Å². The Labute approximate surface area is 111 Å². The molecule has 0 saturated heterocycles. The molecular formula is C13H13ClN2O2. The molecule has 0 aliphatic carbocycles. The number of hydrogen-bond donors (Lipinski definition) is 0. The Morgan fingerprint density at radius 2 is 2.28 bits per heavy atom. The molecule has 0 bridgehead atoms. The van der Waals surface area contributed by atoms with Crippen molar-refractivity contribution in [3.63, 3.8) is 0 Å². The van der Waals surface area contributed by atoms with E-state index in [1.807, 2.05) is 0 Å². The fraction of sp³-hybridized carbons (Fsp3) is 0.385. The lowest BCUT2D eigenvalue weighted by atomic mass is 10.0. The molecule has 0 N–H and O–H groups in total. The van der Waals surface area contributed by atoms with Crippen molar-refractivity contribution in [3.05, 3.63) is 33.8 Å². The van der Waals surface area contributed by atoms with Gasteiger partial charge in [-0.2, -0.15) is 5.26 Å². The number of amides is 1. The summed E-state index contributed by atoms with van der Waals surface area (Å²) in [5.74, 6) is -0.145. The number of hydrogen-bond acceptors (Lipinski definition) is 3. The van der Waals surface area contributed by atoms with Gasteiger partial charge in [-0.1, -0.05) is 17.7 Å². The number of fused-ring (bicyclic) bond motifs is 1. The zero-order valence-electron chi connectivity index (χ0n) is 10.2. The maximum absolute atomic E-state index is 12.3. The van der Waals surface area contributed by atoms with Gasteiger partial charge in [-0.05, 0) is 18.6 Å². The predicted molar refractivity (Wildman–Crippen MR) is 67.5 cm³/mol. The minimum Gasteiger partial charge on any atom is -0.383 e. The molecule has 94 valence electrons. The lowest BCUT2D eigenvalue weighted by Gasteiger charge is -2.19. The third-order valence-corrected chi connectivity index (χ3v) is 3.58. The minimum atomic E-state index is -0.543. The van der Waals surface area contributed by atoms with Crippen LogP contribution in [0.5, 0.6) is 0 Å². The largest absolute Gasteiger partial charge is 0.383 e. The Bertz CT molecular complexity index is 537. The Balaban J connectivity index is 2.46. The van der Waals surface area contributed by atoms with Crippen molar-refractivity contribution in [2.24, 2.45) is 0 Å². The van der Waals surface area contributed by atoms with Crippen LogP contribution in [0.15, 0.2) is 12.1 Å². The smallest absolute Gasteiger partial charge is 0.255 e. The average Bonchev–Trinajstić information content (AvgIpc) is 2.64. The zero-order chi connectivity index (χ0) is 13.3. The molecule has 0 fully saturated rings. The van der Waals surface area contributed by atoms with E-state index in [9.17, 15) is 10.1 Å². The summed E-state index contributed by atoms with van der Waals surface area (Å²) in [7, 11) is 1.57. The van der Waals surface area contributed by atoms with Gasteiger partial charge in [-0.3, -0.25) is 4.79 Å². The molecule has 1 amide bonds. The second-order valence-corrected chi connectivity index (χ2v) is 4.57. The maximum atomic E-state index is 12.3. The second kappa shape index (κ2) is 4.97. The topological polar surface area (TPSA) is 53.3 Å². The van der Waals surface area contributed by atoms with Gasteiger partial charge in [-0.25, -0.2) is 0 Å². The van der Waals surface area contributed by atoms with E-state index in [0.29, 0.717) is 23.7 Å². The molecule has 1 aliphatic heterocycles. The van der Waals surface area contributed by atoms with Gasteiger partial charge in [0.1, 0.15) is 6.04 Å². The van der Waals surface area contributed by atoms with Crippen molar-refractivity contribution in [2.45, 2.75) is 13.0 Å². The van der Waals surface area contributed by atoms with Crippen LogP contribution in [0, 0.1) is 18.3 Å². The second-order valence-electron chi connectivity index (χ2n) is 4.16. The molecule has 0 radical (unpaired) electrons. The number of nitriles is 1. The molecule has 0 saturated carbocycles. The van der Waals surface area contributed by atoms with E-state index in [4.69, 9.17) is 16.3 Å². The fourth-order valence-corrected chi connectivity index (χ4v) is 2.36. The maximum Gasteiger partial charge on any atom is 0.255 e. The van der Waals surface area contributed by atoms with Gasteiger partial charge in [0.25, 0.3) is 5.91 Å². The van der Waals surface area contributed by atoms with E-state index in [-0.39, 0.29) is 5.91 Å². The van der Waals surface area contributed by atoms with Crippen molar-refractivity contribution in [1.29, 1.82) is 5.26 Å². The number of ether oxygens (including phenoxy) is 1. The number of carbonyl (C=O) groups is 1. The Morgan fingerprint density at radius 3 is 2.89 bits per heavy atom. The summed E-state index contributed by atoms with van der Waals surface area (Å²) in [4.78, 5) is 13.8. The highest BCUT2D eigenvalue weighted by Crippen LogP contribution is 2.37. The number of rotatable bonds is 3. The number of carbonyl (C=O) groups excluding carboxylic acids is 1. The molecule has 4 nitrogen and oxygen atoms in total. The molecule has 1 aliphatic rings. The van der Waals surface area contributed by atoms with Gasteiger partial charge < -0.3 is 9.64 Å². The lowest BCUT2D eigenvalue weighted by Crippen LogP contribution is -2.30. The molecule has 0 spiro atoms. The summed E-state index contributed by atoms with van der Waals surface area (Å²) >= 11 is 6.02. The average molecular weight is 265 g/mol. The van der Waals surface area contributed by atoms with E-state index in [2.05, 4.69) is 6.07 Å². The highest BCUT2D eigenvalue weighted by molar-refractivity contribution is 6.32. The zero-order valence-corrected chi connectivity index (χ0v) is 11.0. The van der Waals surface area contributed by atoms with Crippen molar-refractivity contribution in [1.82, 2.24) is 4.90 Å². The first-order valence-corrected chi connectivity index (χ1v) is 5.98. The number of methoxy groups -OCH3 is 1. The Kier molecular flexibility index (Phi) is 3.55. The van der Waals surface area contributed by atoms with Crippen LogP contribution in [-0.2, 0) is 4.74 Å². The van der Waals surface area contributed by atoms with Crippen LogP contribution in [0.4, 0.5) is 0 Å². The first-order chi connectivity index (χ1) is 8.61. The van der Waals surface area contributed by atoms with E-state index in [1.54, 1.807) is 26.2 Å². The van der Waals surface area contributed by atoms with Crippen molar-refractivity contribution in [3.8, 4) is 6.07 Å². The lowest BCUT2D eigenvalue weighted by molar-refractivity contribution is 0.0692. The first-order valence-electron chi connectivity index (χ1n) is 5.60. The van der Waals surface area contributed by atoms with E-state index < -0.39 is 6.04 Å². The molecule has 5 heteroatoms. The first kappa shape index (κ1) is 12.9. The monoisotopic (exact) mass is 264 g/mol. The normalized spacial score (nSPS) is 17.8. The van der Waals surface area contributed by atoms with Crippen LogP contribution in [-0.4, -0.2) is 31.1 Å². The summed E-state index contributed by atoms with van der Waals surface area (Å²) in [6.45, 7) is 2.61. The Morgan fingerprint density at radius 1 is 1.56 bits per heavy atom. The van der Waals surface area contributed by atoms with Gasteiger partial charge in [0.05, 0.1) is 18.2 Å². The molecule has 1 heterocycles. The highest BCUT2D eigenvalue weighted by Gasteiger charge is 2.38. The third-order valence-electron chi connectivity index (χ3n) is 3.17. The summed E-state index contributed by atoms with van der Waals surface area (Å²) in [5, 5.41) is 9.79. The standard InChI is InChI=1S/C13H13ClN2O2/c1-8-10(14)4-3-9-11(7-15)16(5-6-18-2)13(17)12(8)9/h3-4,11H,5-6H2,1-2H3. The van der Waals surface area contributed by atoms with Crippen molar-refractivity contribution in [2.75, 3.05) is 20.3 Å². The van der Waals surface area contributed by atoms with Crippen LogP contribution in [0.25, 0.3) is 0 Å². The molecule has 0 aromatic heterocycles.